The van der Waals surface area contributed by atoms with Crippen molar-refractivity contribution < 1.29 is 34.2 Å². The second-order valence-corrected chi connectivity index (χ2v) is 16.6. The summed E-state index contributed by atoms with van der Waals surface area (Å²) in [5, 5.41) is 36.1. The number of nitro benzene ring substituents is 1. The van der Waals surface area contributed by atoms with Gasteiger partial charge in [-0.15, -0.1) is 6.58 Å². The van der Waals surface area contributed by atoms with E-state index in [1.54, 1.807) is 18.2 Å². The van der Waals surface area contributed by atoms with Gasteiger partial charge in [0, 0.05) is 49.6 Å². The maximum atomic E-state index is 11.6. The molecule has 0 radical (unpaired) electrons. The maximum absolute atomic E-state index is 11.6. The molecular formula is C47H53N3O8S. The first-order valence-electron chi connectivity index (χ1n) is 20.6. The Morgan fingerprint density at radius 3 is 2.49 bits per heavy atom. The lowest BCUT2D eigenvalue weighted by Gasteiger charge is -2.58. The van der Waals surface area contributed by atoms with Crippen LogP contribution < -0.4 is 9.47 Å². The van der Waals surface area contributed by atoms with Crippen molar-refractivity contribution in [2.75, 3.05) is 25.6 Å². The number of oxime groups is 1. The molecule has 59 heavy (non-hydrogen) atoms. The highest BCUT2D eigenvalue weighted by Gasteiger charge is 2.64. The van der Waals surface area contributed by atoms with Gasteiger partial charge in [-0.1, -0.05) is 66.5 Å². The van der Waals surface area contributed by atoms with Crippen LogP contribution in [0.4, 0.5) is 5.69 Å². The van der Waals surface area contributed by atoms with E-state index in [4.69, 9.17) is 24.2 Å². The molecular weight excluding hydrogens is 767 g/mol. The van der Waals surface area contributed by atoms with Gasteiger partial charge in [0.25, 0.3) is 5.69 Å². The van der Waals surface area contributed by atoms with Crippen LogP contribution in [0.1, 0.15) is 67.6 Å². The summed E-state index contributed by atoms with van der Waals surface area (Å²) in [5.41, 5.74) is 5.04. The van der Waals surface area contributed by atoms with Crippen molar-refractivity contribution in [1.29, 1.82) is 0 Å². The minimum atomic E-state index is -1.10. The third kappa shape index (κ3) is 9.90. The van der Waals surface area contributed by atoms with E-state index in [2.05, 4.69) is 17.6 Å². The second-order valence-electron chi connectivity index (χ2n) is 15.3. The molecule has 3 aliphatic rings. The number of allylic oxidation sites excluding steroid dienone is 1. The molecule has 0 spiro atoms. The van der Waals surface area contributed by atoms with Crippen LogP contribution in [0, 0.1) is 27.9 Å². The van der Waals surface area contributed by atoms with Gasteiger partial charge in [-0.3, -0.25) is 15.1 Å². The molecule has 0 unspecified atom stereocenters. The number of non-ortho nitro benzene ring substituents is 1. The predicted octanol–water partition coefficient (Wildman–Crippen LogP) is 9.59. The summed E-state index contributed by atoms with van der Waals surface area (Å²) in [5.74, 6) is 1.10. The van der Waals surface area contributed by atoms with Crippen LogP contribution in [0.15, 0.2) is 127 Å². The fourth-order valence-corrected chi connectivity index (χ4v) is 10.4. The number of aliphatic hydroxyl groups excluding tert-OH is 2. The van der Waals surface area contributed by atoms with Gasteiger partial charge in [0.05, 0.1) is 34.5 Å². The number of hydrogen-bond donors (Lipinski definition) is 2. The lowest BCUT2D eigenvalue weighted by molar-refractivity contribution is -0.384. The third-order valence-electron chi connectivity index (χ3n) is 11.6. The molecule has 0 saturated heterocycles. The number of unbranched alkanes of at least 4 members (excludes halogenated alkanes) is 2. The van der Waals surface area contributed by atoms with Crippen molar-refractivity contribution in [2.24, 2.45) is 22.9 Å². The maximum Gasteiger partial charge on any atom is 0.273 e. The molecule has 6 atom stereocenters. The van der Waals surface area contributed by atoms with E-state index < -0.39 is 10.7 Å². The van der Waals surface area contributed by atoms with E-state index in [1.165, 1.54) is 17.7 Å². The fourth-order valence-electron chi connectivity index (χ4n) is 8.96. The summed E-state index contributed by atoms with van der Waals surface area (Å²) < 4.78 is 20.7. The molecule has 1 saturated carbocycles. The van der Waals surface area contributed by atoms with Gasteiger partial charge in [-0.05, 0) is 103 Å². The van der Waals surface area contributed by atoms with Crippen molar-refractivity contribution in [1.82, 2.24) is 4.98 Å². The second kappa shape index (κ2) is 20.3. The molecule has 11 nitrogen and oxygen atoms in total. The summed E-state index contributed by atoms with van der Waals surface area (Å²) in [6.45, 7) is 4.86. The number of aliphatic hydroxyl groups is 2. The molecule has 0 bridgehead atoms. The molecule has 7 rings (SSSR count). The zero-order valence-corrected chi connectivity index (χ0v) is 34.1. The van der Waals surface area contributed by atoms with Crippen LogP contribution >= 0.6 is 11.8 Å². The lowest BCUT2D eigenvalue weighted by atomic mass is 9.56. The van der Waals surface area contributed by atoms with E-state index in [9.17, 15) is 20.3 Å². The standard InChI is InChI=1S/C47H53N3O8S/c1-2-26-55-47-44(59-27-21-33-19-22-48-23-20-33)31-42(49-56-32-34-11-4-3-5-12-34)40-28-35(13-6-8-24-51)39(16-7-9-25-52)45(46(40)47)41-30-38(17-18-43(41)58-47)57-37-15-10-14-36(29-37)50(53)54/h2-5,10-12,14-15,17-20,22-23,28-30,35,39,44-46,51-52H,1,6-9,13,16,21,24-27,31-32H2/t35-,39+,44-,45+,46+,47+/m0/s1. The minimum absolute atomic E-state index is 0.0550. The van der Waals surface area contributed by atoms with Crippen molar-refractivity contribution in [2.45, 2.75) is 74.9 Å². The normalized spacial score (nSPS) is 23.7. The van der Waals surface area contributed by atoms with Crippen LogP contribution in [0.5, 0.6) is 17.2 Å². The number of aromatic nitrogens is 1. The van der Waals surface area contributed by atoms with Gasteiger partial charge < -0.3 is 29.3 Å². The molecule has 1 aliphatic heterocycles. The van der Waals surface area contributed by atoms with Crippen LogP contribution in [-0.2, 0) is 22.6 Å². The third-order valence-corrected chi connectivity index (χ3v) is 12.9. The van der Waals surface area contributed by atoms with E-state index in [-0.39, 0.29) is 54.4 Å². The van der Waals surface area contributed by atoms with Gasteiger partial charge in [-0.25, -0.2) is 0 Å². The Kier molecular flexibility index (Phi) is 14.5. The fraction of sp³-hybridized carbons (Fsp3) is 0.404. The molecule has 2 N–H and O–H groups in total. The molecule has 2 heterocycles. The highest BCUT2D eigenvalue weighted by atomic mass is 32.2. The molecule has 0 amide bonds. The van der Waals surface area contributed by atoms with Gasteiger partial charge >= 0.3 is 0 Å². The topological polar surface area (TPSA) is 146 Å². The Morgan fingerprint density at radius 2 is 1.73 bits per heavy atom. The smallest absolute Gasteiger partial charge is 0.273 e. The first kappa shape index (κ1) is 42.1. The number of ether oxygens (including phenoxy) is 3. The van der Waals surface area contributed by atoms with E-state index >= 15 is 0 Å². The Labute approximate surface area is 350 Å². The van der Waals surface area contributed by atoms with Crippen LogP contribution in [-0.4, -0.2) is 62.4 Å². The Balaban J connectivity index is 1.36. The Bertz CT molecular complexity index is 2080. The Hall–Kier alpha value is -5.01. The SMILES string of the molecule is C=CCO[C@@]12Oc3ccc(Oc4cccc([N+](=O)[O-])c4)cc3[C@H]3[C@H](CCCCO)[C@@H](CCCCO)C=C(C(=NOCc4ccccc4)C[C@@H]1SCCc1ccncc1)[C@H]32. The average Bonchev–Trinajstić information content (AvgIpc) is 3.26. The number of nitrogens with zero attached hydrogens (tertiary/aromatic N) is 3. The highest BCUT2D eigenvalue weighted by Crippen LogP contribution is 2.62. The van der Waals surface area contributed by atoms with Gasteiger partial charge in [0.15, 0.2) is 0 Å². The van der Waals surface area contributed by atoms with Crippen LogP contribution in [0.3, 0.4) is 0 Å². The number of hydrogen-bond acceptors (Lipinski definition) is 11. The van der Waals surface area contributed by atoms with Crippen molar-refractivity contribution in [3.63, 3.8) is 0 Å². The van der Waals surface area contributed by atoms with E-state index in [1.807, 2.05) is 84.8 Å². The van der Waals surface area contributed by atoms with E-state index in [0.29, 0.717) is 43.1 Å². The van der Waals surface area contributed by atoms with Crippen LogP contribution in [0.25, 0.3) is 0 Å². The summed E-state index contributed by atoms with van der Waals surface area (Å²) in [7, 11) is 0. The van der Waals surface area contributed by atoms with Gasteiger partial charge in [-0.2, -0.15) is 11.8 Å². The number of thioether (sulfide) groups is 1. The number of rotatable bonds is 21. The summed E-state index contributed by atoms with van der Waals surface area (Å²) in [6.07, 6.45) is 13.9. The number of aryl methyl sites for hydroxylation is 1. The molecule has 12 heteroatoms. The van der Waals surface area contributed by atoms with Crippen LogP contribution in [0.2, 0.25) is 0 Å². The number of benzene rings is 3. The van der Waals surface area contributed by atoms with Gasteiger partial charge in [0.1, 0.15) is 23.9 Å². The monoisotopic (exact) mass is 819 g/mol. The zero-order chi connectivity index (χ0) is 41.0. The van der Waals surface area contributed by atoms with Gasteiger partial charge in [0.2, 0.25) is 5.79 Å². The first-order valence-corrected chi connectivity index (χ1v) is 21.7. The summed E-state index contributed by atoms with van der Waals surface area (Å²) in [6, 6.07) is 26.1. The molecule has 310 valence electrons. The first-order chi connectivity index (χ1) is 28.9. The predicted molar refractivity (Wildman–Crippen MR) is 230 cm³/mol. The van der Waals surface area contributed by atoms with E-state index in [0.717, 1.165) is 60.3 Å². The molecule has 3 aromatic carbocycles. The number of fused-ring (bicyclic) bond motifs is 2. The minimum Gasteiger partial charge on any atom is -0.460 e. The average molecular weight is 820 g/mol. The highest BCUT2D eigenvalue weighted by molar-refractivity contribution is 8.00. The molecule has 2 aliphatic carbocycles. The lowest BCUT2D eigenvalue weighted by Crippen LogP contribution is -2.64. The largest absolute Gasteiger partial charge is 0.460 e. The van der Waals surface area contributed by atoms with Crippen molar-refractivity contribution in [3.8, 4) is 17.2 Å². The Morgan fingerprint density at radius 1 is 0.949 bits per heavy atom. The molecule has 4 aromatic rings. The summed E-state index contributed by atoms with van der Waals surface area (Å²) in [4.78, 5) is 21.6. The van der Waals surface area contributed by atoms with Crippen molar-refractivity contribution in [3.05, 3.63) is 148 Å². The summed E-state index contributed by atoms with van der Waals surface area (Å²) >= 11 is 1.81. The molecule has 1 aromatic heterocycles. The zero-order valence-electron chi connectivity index (χ0n) is 33.3. The molecule has 1 fully saturated rings. The number of pyridine rings is 1. The van der Waals surface area contributed by atoms with Crippen molar-refractivity contribution >= 4 is 23.2 Å². The quantitative estimate of drug-likeness (QED) is 0.0361. The number of nitro groups is 1.